The first kappa shape index (κ1) is 13.9. The van der Waals surface area contributed by atoms with Gasteiger partial charge in [-0.1, -0.05) is 12.1 Å². The van der Waals surface area contributed by atoms with Crippen molar-refractivity contribution in [2.45, 2.75) is 6.92 Å². The molecule has 0 unspecified atom stereocenters. The number of aromatic nitrogens is 3. The zero-order valence-corrected chi connectivity index (χ0v) is 11.8. The second-order valence-corrected chi connectivity index (χ2v) is 4.88. The maximum absolute atomic E-state index is 13.1. The van der Waals surface area contributed by atoms with E-state index >= 15 is 0 Å². The van der Waals surface area contributed by atoms with Gasteiger partial charge >= 0.3 is 0 Å². The van der Waals surface area contributed by atoms with Crippen molar-refractivity contribution < 1.29 is 9.18 Å². The molecule has 22 heavy (non-hydrogen) atoms. The van der Waals surface area contributed by atoms with E-state index in [1.807, 2.05) is 31.2 Å². The van der Waals surface area contributed by atoms with Gasteiger partial charge < -0.3 is 5.73 Å². The van der Waals surface area contributed by atoms with E-state index in [-0.39, 0.29) is 11.6 Å². The van der Waals surface area contributed by atoms with Gasteiger partial charge in [-0.05, 0) is 48.9 Å². The molecule has 0 aliphatic carbocycles. The number of nitrogens with two attached hydrogens (primary N) is 1. The van der Waals surface area contributed by atoms with Gasteiger partial charge in [-0.25, -0.2) is 14.1 Å². The molecule has 1 heterocycles. The molecule has 0 saturated carbocycles. The fourth-order valence-electron chi connectivity index (χ4n) is 2.14. The van der Waals surface area contributed by atoms with Crippen LogP contribution in [0.25, 0.3) is 17.1 Å². The topological polar surface area (TPSA) is 73.8 Å². The minimum Gasteiger partial charge on any atom is -0.363 e. The zero-order chi connectivity index (χ0) is 15.7. The van der Waals surface area contributed by atoms with Crippen LogP contribution in [0.4, 0.5) is 4.39 Å². The zero-order valence-electron chi connectivity index (χ0n) is 11.8. The van der Waals surface area contributed by atoms with Crippen LogP contribution in [0.3, 0.4) is 0 Å². The Morgan fingerprint density at radius 1 is 1.18 bits per heavy atom. The van der Waals surface area contributed by atoms with E-state index in [4.69, 9.17) is 5.73 Å². The second-order valence-electron chi connectivity index (χ2n) is 4.88. The number of hydrogen-bond acceptors (Lipinski definition) is 3. The number of amides is 1. The molecule has 3 rings (SSSR count). The Balaban J connectivity index is 2.20. The monoisotopic (exact) mass is 296 g/mol. The molecular formula is C16H13FN4O. The first-order valence-electron chi connectivity index (χ1n) is 6.64. The Kier molecular flexibility index (Phi) is 3.42. The molecule has 3 aromatic rings. The SMILES string of the molecule is Cc1cccc(-n2nc(C(N)=O)nc2-c2ccc(F)cc2)c1. The fraction of sp³-hybridized carbons (Fsp3) is 0.0625. The smallest absolute Gasteiger partial charge is 0.288 e. The van der Waals surface area contributed by atoms with Gasteiger partial charge in [-0.15, -0.1) is 5.10 Å². The molecule has 6 heteroatoms. The van der Waals surface area contributed by atoms with Crippen molar-refractivity contribution in [3.05, 3.63) is 65.7 Å². The molecule has 0 radical (unpaired) electrons. The number of carbonyl (C=O) groups is 1. The minimum absolute atomic E-state index is 0.0826. The molecule has 0 saturated heterocycles. The van der Waals surface area contributed by atoms with E-state index in [9.17, 15) is 9.18 Å². The molecule has 0 aliphatic heterocycles. The summed E-state index contributed by atoms with van der Waals surface area (Å²) in [5, 5.41) is 4.16. The highest BCUT2D eigenvalue weighted by Gasteiger charge is 2.16. The van der Waals surface area contributed by atoms with Crippen LogP contribution < -0.4 is 5.73 Å². The van der Waals surface area contributed by atoms with Crippen molar-refractivity contribution in [2.24, 2.45) is 5.73 Å². The number of aryl methyl sites for hydroxylation is 1. The van der Waals surface area contributed by atoms with E-state index in [1.165, 1.54) is 16.8 Å². The predicted octanol–water partition coefficient (Wildman–Crippen LogP) is 2.48. The summed E-state index contributed by atoms with van der Waals surface area (Å²) in [6, 6.07) is 13.4. The number of hydrogen-bond donors (Lipinski definition) is 1. The quantitative estimate of drug-likeness (QED) is 0.807. The maximum atomic E-state index is 13.1. The minimum atomic E-state index is -0.713. The van der Waals surface area contributed by atoms with Crippen LogP contribution in [0.2, 0.25) is 0 Å². The van der Waals surface area contributed by atoms with Crippen molar-refractivity contribution in [1.29, 1.82) is 0 Å². The van der Waals surface area contributed by atoms with Crippen LogP contribution in [0.5, 0.6) is 0 Å². The summed E-state index contributed by atoms with van der Waals surface area (Å²) in [6.07, 6.45) is 0. The highest BCUT2D eigenvalue weighted by Crippen LogP contribution is 2.22. The van der Waals surface area contributed by atoms with E-state index < -0.39 is 5.91 Å². The van der Waals surface area contributed by atoms with Gasteiger partial charge in [0.25, 0.3) is 5.91 Å². The van der Waals surface area contributed by atoms with Gasteiger partial charge in [0.1, 0.15) is 5.82 Å². The molecule has 0 fully saturated rings. The van der Waals surface area contributed by atoms with E-state index in [0.717, 1.165) is 11.3 Å². The highest BCUT2D eigenvalue weighted by molar-refractivity contribution is 5.89. The van der Waals surface area contributed by atoms with Gasteiger partial charge in [-0.3, -0.25) is 4.79 Å². The van der Waals surface area contributed by atoms with Gasteiger partial charge in [-0.2, -0.15) is 0 Å². The molecule has 2 N–H and O–H groups in total. The number of halogens is 1. The molecule has 2 aromatic carbocycles. The number of benzene rings is 2. The Morgan fingerprint density at radius 3 is 2.55 bits per heavy atom. The molecule has 0 bridgehead atoms. The first-order valence-corrected chi connectivity index (χ1v) is 6.64. The molecule has 1 amide bonds. The first-order chi connectivity index (χ1) is 10.5. The predicted molar refractivity (Wildman–Crippen MR) is 80.0 cm³/mol. The second kappa shape index (κ2) is 5.40. The largest absolute Gasteiger partial charge is 0.363 e. The van der Waals surface area contributed by atoms with Crippen LogP contribution in [0, 0.1) is 12.7 Å². The Hall–Kier alpha value is -3.02. The molecular weight excluding hydrogens is 283 g/mol. The molecule has 1 aromatic heterocycles. The molecule has 5 nitrogen and oxygen atoms in total. The van der Waals surface area contributed by atoms with Gasteiger partial charge in [0.15, 0.2) is 5.82 Å². The van der Waals surface area contributed by atoms with Gasteiger partial charge in [0.2, 0.25) is 5.82 Å². The van der Waals surface area contributed by atoms with Crippen LogP contribution in [0.15, 0.2) is 48.5 Å². The lowest BCUT2D eigenvalue weighted by atomic mass is 10.2. The van der Waals surface area contributed by atoms with Crippen LogP contribution in [-0.4, -0.2) is 20.7 Å². The van der Waals surface area contributed by atoms with Crippen LogP contribution >= 0.6 is 0 Å². The van der Waals surface area contributed by atoms with Crippen LogP contribution in [-0.2, 0) is 0 Å². The van der Waals surface area contributed by atoms with Crippen LogP contribution in [0.1, 0.15) is 16.2 Å². The molecule has 0 atom stereocenters. The summed E-state index contributed by atoms with van der Waals surface area (Å²) in [6.45, 7) is 1.95. The van der Waals surface area contributed by atoms with E-state index in [0.29, 0.717) is 11.4 Å². The fourth-order valence-corrected chi connectivity index (χ4v) is 2.14. The van der Waals surface area contributed by atoms with E-state index in [1.54, 1.807) is 12.1 Å². The summed E-state index contributed by atoms with van der Waals surface area (Å²) in [5.74, 6) is -0.713. The highest BCUT2D eigenvalue weighted by atomic mass is 19.1. The summed E-state index contributed by atoms with van der Waals surface area (Å²) in [5.41, 5.74) is 7.70. The van der Waals surface area contributed by atoms with Crippen molar-refractivity contribution in [3.8, 4) is 17.1 Å². The number of rotatable bonds is 3. The number of primary amides is 1. The average Bonchev–Trinajstić information content (AvgIpc) is 2.93. The van der Waals surface area contributed by atoms with Crippen molar-refractivity contribution in [1.82, 2.24) is 14.8 Å². The number of carbonyl (C=O) groups excluding carboxylic acids is 1. The van der Waals surface area contributed by atoms with E-state index in [2.05, 4.69) is 10.1 Å². The summed E-state index contributed by atoms with van der Waals surface area (Å²) in [4.78, 5) is 15.5. The van der Waals surface area contributed by atoms with Crippen molar-refractivity contribution >= 4 is 5.91 Å². The summed E-state index contributed by atoms with van der Waals surface area (Å²) < 4.78 is 14.6. The third kappa shape index (κ3) is 2.58. The van der Waals surface area contributed by atoms with Crippen molar-refractivity contribution in [3.63, 3.8) is 0 Å². The lowest BCUT2D eigenvalue weighted by Crippen LogP contribution is -2.13. The number of nitrogens with zero attached hydrogens (tertiary/aromatic N) is 3. The molecule has 110 valence electrons. The maximum Gasteiger partial charge on any atom is 0.288 e. The standard InChI is InChI=1S/C16H13FN4O/c1-10-3-2-4-13(9-10)21-16(19-15(20-21)14(18)22)11-5-7-12(17)8-6-11/h2-9H,1H3,(H2,18,22). The third-order valence-electron chi connectivity index (χ3n) is 3.18. The molecule has 0 spiro atoms. The van der Waals surface area contributed by atoms with Gasteiger partial charge in [0, 0.05) is 5.56 Å². The lowest BCUT2D eigenvalue weighted by molar-refractivity contribution is 0.0990. The normalized spacial score (nSPS) is 10.6. The summed E-state index contributed by atoms with van der Waals surface area (Å²) in [7, 11) is 0. The van der Waals surface area contributed by atoms with Gasteiger partial charge in [0.05, 0.1) is 5.69 Å². The Morgan fingerprint density at radius 2 is 1.91 bits per heavy atom. The lowest BCUT2D eigenvalue weighted by Gasteiger charge is -2.06. The Labute approximate surface area is 126 Å². The third-order valence-corrected chi connectivity index (χ3v) is 3.18. The summed E-state index contributed by atoms with van der Waals surface area (Å²) >= 11 is 0. The average molecular weight is 296 g/mol. The van der Waals surface area contributed by atoms with Crippen molar-refractivity contribution in [2.75, 3.05) is 0 Å². The molecule has 0 aliphatic rings. The Bertz CT molecular complexity index is 840.